The number of nitrogens with two attached hydrogens (primary N) is 1. The van der Waals surface area contributed by atoms with Gasteiger partial charge in [-0.05, 0) is 35.9 Å². The fraction of sp³-hybridized carbons (Fsp3) is 0.200. The van der Waals surface area contributed by atoms with Gasteiger partial charge in [0.2, 0.25) is 0 Å². The molecule has 2 atom stereocenters. The van der Waals surface area contributed by atoms with E-state index >= 15 is 0 Å². The minimum atomic E-state index is -0.455. The maximum absolute atomic E-state index is 13.5. The molecule has 0 amide bonds. The predicted octanol–water partition coefficient (Wildman–Crippen LogP) is 4.66. The third-order valence-corrected chi connectivity index (χ3v) is 3.97. The van der Waals surface area contributed by atoms with E-state index in [-0.39, 0.29) is 17.2 Å². The molecular formula is C15H12Cl2FNO. The van der Waals surface area contributed by atoms with E-state index < -0.39 is 5.82 Å². The van der Waals surface area contributed by atoms with Crippen molar-refractivity contribution in [2.24, 2.45) is 5.73 Å². The quantitative estimate of drug-likeness (QED) is 0.831. The molecule has 0 fully saturated rings. The zero-order valence-corrected chi connectivity index (χ0v) is 12.0. The molecular weight excluding hydrogens is 300 g/mol. The number of hydrogen-bond donors (Lipinski definition) is 1. The van der Waals surface area contributed by atoms with Crippen LogP contribution in [0, 0.1) is 5.82 Å². The molecule has 0 aromatic heterocycles. The Labute approximate surface area is 126 Å². The van der Waals surface area contributed by atoms with Gasteiger partial charge in [-0.3, -0.25) is 0 Å². The van der Waals surface area contributed by atoms with Gasteiger partial charge >= 0.3 is 0 Å². The van der Waals surface area contributed by atoms with E-state index in [1.807, 2.05) is 0 Å². The summed E-state index contributed by atoms with van der Waals surface area (Å²) >= 11 is 11.6. The molecule has 1 heterocycles. The first kappa shape index (κ1) is 13.7. The van der Waals surface area contributed by atoms with Crippen LogP contribution < -0.4 is 10.5 Å². The zero-order chi connectivity index (χ0) is 14.3. The van der Waals surface area contributed by atoms with Crippen molar-refractivity contribution in [2.75, 3.05) is 0 Å². The molecule has 0 saturated carbocycles. The van der Waals surface area contributed by atoms with Gasteiger partial charge in [0.25, 0.3) is 0 Å². The summed E-state index contributed by atoms with van der Waals surface area (Å²) in [5, 5.41) is 0.722. The number of ether oxygens (including phenoxy) is 1. The molecule has 1 unspecified atom stereocenters. The molecule has 5 heteroatoms. The lowest BCUT2D eigenvalue weighted by Crippen LogP contribution is -2.24. The van der Waals surface area contributed by atoms with Gasteiger partial charge in [-0.15, -0.1) is 0 Å². The first-order chi connectivity index (χ1) is 9.54. The van der Waals surface area contributed by atoms with Crippen molar-refractivity contribution in [2.45, 2.75) is 18.6 Å². The molecule has 0 radical (unpaired) electrons. The normalized spacial score (nSPS) is 21.2. The fourth-order valence-corrected chi connectivity index (χ4v) is 2.69. The number of rotatable bonds is 1. The third kappa shape index (κ3) is 2.49. The molecule has 104 valence electrons. The molecule has 2 aromatic rings. The van der Waals surface area contributed by atoms with Crippen molar-refractivity contribution in [1.29, 1.82) is 0 Å². The summed E-state index contributed by atoms with van der Waals surface area (Å²) in [6.45, 7) is 0. The Morgan fingerprint density at radius 2 is 1.95 bits per heavy atom. The number of halogens is 3. The molecule has 20 heavy (non-hydrogen) atoms. The molecule has 2 aromatic carbocycles. The van der Waals surface area contributed by atoms with Gasteiger partial charge in [0.15, 0.2) is 0 Å². The highest BCUT2D eigenvalue weighted by molar-refractivity contribution is 6.31. The van der Waals surface area contributed by atoms with Crippen LogP contribution in [-0.2, 0) is 0 Å². The number of fused-ring (bicyclic) bond motifs is 1. The van der Waals surface area contributed by atoms with E-state index in [9.17, 15) is 4.39 Å². The Bertz CT molecular complexity index is 662. The molecule has 0 aliphatic carbocycles. The summed E-state index contributed by atoms with van der Waals surface area (Å²) in [6, 6.07) is 9.82. The van der Waals surface area contributed by atoms with Crippen LogP contribution in [0.3, 0.4) is 0 Å². The van der Waals surface area contributed by atoms with Crippen LogP contribution in [0.25, 0.3) is 0 Å². The highest BCUT2D eigenvalue weighted by atomic mass is 35.5. The second kappa shape index (κ2) is 5.24. The predicted molar refractivity (Wildman–Crippen MR) is 77.8 cm³/mol. The van der Waals surface area contributed by atoms with Crippen molar-refractivity contribution >= 4 is 23.2 Å². The van der Waals surface area contributed by atoms with E-state index in [1.165, 1.54) is 12.1 Å². The summed E-state index contributed by atoms with van der Waals surface area (Å²) in [5.41, 5.74) is 7.76. The first-order valence-corrected chi connectivity index (χ1v) is 6.97. The van der Waals surface area contributed by atoms with Crippen LogP contribution in [0.5, 0.6) is 5.75 Å². The van der Waals surface area contributed by atoms with Crippen molar-refractivity contribution in [3.05, 3.63) is 63.4 Å². The van der Waals surface area contributed by atoms with Gasteiger partial charge in [-0.1, -0.05) is 29.3 Å². The van der Waals surface area contributed by atoms with Gasteiger partial charge in [0.1, 0.15) is 17.7 Å². The van der Waals surface area contributed by atoms with E-state index in [4.69, 9.17) is 33.7 Å². The summed E-state index contributed by atoms with van der Waals surface area (Å²) in [5.74, 6) is 0.233. The van der Waals surface area contributed by atoms with Gasteiger partial charge in [-0.25, -0.2) is 4.39 Å². The first-order valence-electron chi connectivity index (χ1n) is 6.21. The van der Waals surface area contributed by atoms with Crippen LogP contribution >= 0.6 is 23.2 Å². The van der Waals surface area contributed by atoms with Crippen molar-refractivity contribution in [3.63, 3.8) is 0 Å². The standard InChI is InChI=1S/C15H12Cl2FNO/c16-9-2-4-14-10(6-9)13(19)7-15(20-14)8-1-3-11(17)12(18)5-8/h1-6,13,15H,7,19H2/t13-,15?/m1/s1. The van der Waals surface area contributed by atoms with Crippen molar-refractivity contribution in [1.82, 2.24) is 0 Å². The maximum atomic E-state index is 13.5. The second-order valence-corrected chi connectivity index (χ2v) is 5.65. The average Bonchev–Trinajstić information content (AvgIpc) is 2.42. The minimum Gasteiger partial charge on any atom is -0.485 e. The lowest BCUT2D eigenvalue weighted by atomic mass is 9.93. The van der Waals surface area contributed by atoms with E-state index in [2.05, 4.69) is 0 Å². The Morgan fingerprint density at radius 3 is 2.70 bits per heavy atom. The molecule has 1 aliphatic rings. The lowest BCUT2D eigenvalue weighted by Gasteiger charge is -2.30. The number of hydrogen-bond acceptors (Lipinski definition) is 2. The van der Waals surface area contributed by atoms with Crippen LogP contribution in [-0.4, -0.2) is 0 Å². The fourth-order valence-electron chi connectivity index (χ4n) is 2.39. The van der Waals surface area contributed by atoms with E-state index in [0.29, 0.717) is 17.2 Å². The topological polar surface area (TPSA) is 35.2 Å². The Balaban J connectivity index is 1.94. The van der Waals surface area contributed by atoms with Crippen molar-refractivity contribution in [3.8, 4) is 5.75 Å². The summed E-state index contributed by atoms with van der Waals surface area (Å²) < 4.78 is 19.4. The molecule has 2 N–H and O–H groups in total. The number of benzene rings is 2. The Hall–Kier alpha value is -1.29. The zero-order valence-electron chi connectivity index (χ0n) is 10.4. The van der Waals surface area contributed by atoms with Crippen LogP contribution in [0.2, 0.25) is 10.0 Å². The molecule has 0 bridgehead atoms. The van der Waals surface area contributed by atoms with E-state index in [0.717, 1.165) is 11.1 Å². The van der Waals surface area contributed by atoms with Gasteiger partial charge in [-0.2, -0.15) is 0 Å². The Kier molecular flexibility index (Phi) is 3.59. The molecule has 1 aliphatic heterocycles. The maximum Gasteiger partial charge on any atom is 0.142 e. The molecule has 0 spiro atoms. The molecule has 2 nitrogen and oxygen atoms in total. The van der Waals surface area contributed by atoms with Crippen molar-refractivity contribution < 1.29 is 9.13 Å². The Morgan fingerprint density at radius 1 is 1.15 bits per heavy atom. The highest BCUT2D eigenvalue weighted by Gasteiger charge is 2.27. The lowest BCUT2D eigenvalue weighted by molar-refractivity contribution is 0.161. The van der Waals surface area contributed by atoms with E-state index in [1.54, 1.807) is 24.3 Å². The van der Waals surface area contributed by atoms with Gasteiger partial charge in [0.05, 0.1) is 5.02 Å². The highest BCUT2D eigenvalue weighted by Crippen LogP contribution is 2.41. The van der Waals surface area contributed by atoms with Gasteiger partial charge in [0, 0.05) is 23.0 Å². The van der Waals surface area contributed by atoms with Gasteiger partial charge < -0.3 is 10.5 Å². The smallest absolute Gasteiger partial charge is 0.142 e. The SMILES string of the molecule is N[C@@H]1CC(c2ccc(Cl)c(F)c2)Oc2ccc(Cl)cc21. The monoisotopic (exact) mass is 311 g/mol. The summed E-state index contributed by atoms with van der Waals surface area (Å²) in [6.07, 6.45) is 0.277. The second-order valence-electron chi connectivity index (χ2n) is 4.80. The largest absolute Gasteiger partial charge is 0.485 e. The minimum absolute atomic E-state index is 0.0982. The van der Waals surface area contributed by atoms with Crippen LogP contribution in [0.1, 0.15) is 29.7 Å². The summed E-state index contributed by atoms with van der Waals surface area (Å²) in [7, 11) is 0. The summed E-state index contributed by atoms with van der Waals surface area (Å²) in [4.78, 5) is 0. The average molecular weight is 312 g/mol. The van der Waals surface area contributed by atoms with Crippen LogP contribution in [0.4, 0.5) is 4.39 Å². The molecule has 0 saturated heterocycles. The third-order valence-electron chi connectivity index (χ3n) is 3.42. The molecule has 3 rings (SSSR count). The van der Waals surface area contributed by atoms with Crippen LogP contribution in [0.15, 0.2) is 36.4 Å².